The van der Waals surface area contributed by atoms with Crippen molar-refractivity contribution >= 4 is 17.6 Å². The van der Waals surface area contributed by atoms with E-state index in [1.807, 2.05) is 6.07 Å². The summed E-state index contributed by atoms with van der Waals surface area (Å²) in [6.45, 7) is 2.11. The molecule has 1 aliphatic carbocycles. The first kappa shape index (κ1) is 12.4. The van der Waals surface area contributed by atoms with Gasteiger partial charge in [0.2, 0.25) is 0 Å². The topological polar surface area (TPSA) is 46.5 Å². The van der Waals surface area contributed by atoms with E-state index in [0.29, 0.717) is 18.1 Å². The van der Waals surface area contributed by atoms with Gasteiger partial charge >= 0.3 is 5.97 Å². The van der Waals surface area contributed by atoms with Crippen LogP contribution in [0.2, 0.25) is 5.02 Å². The second-order valence-corrected chi connectivity index (χ2v) is 4.62. The van der Waals surface area contributed by atoms with Crippen molar-refractivity contribution in [3.05, 3.63) is 34.3 Å². The second-order valence-electron chi connectivity index (χ2n) is 4.19. The largest absolute Gasteiger partial charge is 0.466 e. The van der Waals surface area contributed by atoms with Crippen LogP contribution in [0.25, 0.3) is 0 Å². The zero-order valence-corrected chi connectivity index (χ0v) is 10.4. The van der Waals surface area contributed by atoms with Crippen LogP contribution in [-0.4, -0.2) is 17.7 Å². The maximum Gasteiger partial charge on any atom is 0.311 e. The number of hydrogen-bond donors (Lipinski definition) is 1. The quantitative estimate of drug-likeness (QED) is 0.825. The van der Waals surface area contributed by atoms with Crippen LogP contribution in [0.15, 0.2) is 18.2 Å². The van der Waals surface area contributed by atoms with Crippen LogP contribution < -0.4 is 0 Å². The summed E-state index contributed by atoms with van der Waals surface area (Å²) in [5.74, 6) is -0.774. The predicted molar refractivity (Wildman–Crippen MR) is 64.9 cm³/mol. The van der Waals surface area contributed by atoms with Crippen molar-refractivity contribution in [2.24, 2.45) is 5.92 Å². The number of fused-ring (bicyclic) bond motifs is 1. The van der Waals surface area contributed by atoms with E-state index in [4.69, 9.17) is 16.3 Å². The van der Waals surface area contributed by atoms with E-state index in [2.05, 4.69) is 0 Å². The van der Waals surface area contributed by atoms with E-state index >= 15 is 0 Å². The minimum atomic E-state index is -0.782. The fraction of sp³-hybridized carbons (Fsp3) is 0.462. The number of rotatable bonds is 2. The lowest BCUT2D eigenvalue weighted by Crippen LogP contribution is -2.29. The second kappa shape index (κ2) is 5.07. The molecule has 0 amide bonds. The van der Waals surface area contributed by atoms with Gasteiger partial charge in [-0.2, -0.15) is 0 Å². The van der Waals surface area contributed by atoms with Crippen LogP contribution in [0.4, 0.5) is 0 Å². The standard InChI is InChI=1S/C13H15ClO3/c1-2-17-13(16)11-5-3-8-7-9(14)4-6-10(8)12(11)15/h4,6-7,11-12,15H,2-3,5H2,1H3/t11-,12+/m0/s1. The van der Waals surface area contributed by atoms with Gasteiger partial charge < -0.3 is 9.84 Å². The molecule has 3 nitrogen and oxygen atoms in total. The van der Waals surface area contributed by atoms with Crippen LogP contribution in [0.3, 0.4) is 0 Å². The predicted octanol–water partition coefficient (Wildman–Crippen LogP) is 2.50. The average molecular weight is 255 g/mol. The smallest absolute Gasteiger partial charge is 0.311 e. The molecule has 92 valence electrons. The molecule has 1 aliphatic rings. The van der Waals surface area contributed by atoms with E-state index in [0.717, 1.165) is 17.5 Å². The minimum absolute atomic E-state index is 0.319. The van der Waals surface area contributed by atoms with Crippen molar-refractivity contribution in [3.8, 4) is 0 Å². The van der Waals surface area contributed by atoms with Crippen molar-refractivity contribution in [1.29, 1.82) is 0 Å². The van der Waals surface area contributed by atoms with E-state index in [-0.39, 0.29) is 5.97 Å². The molecule has 1 aromatic rings. The maximum absolute atomic E-state index is 11.7. The first-order chi connectivity index (χ1) is 8.13. The fourth-order valence-corrected chi connectivity index (χ4v) is 2.46. The number of halogens is 1. The number of esters is 1. The summed E-state index contributed by atoms with van der Waals surface area (Å²) in [6, 6.07) is 5.37. The van der Waals surface area contributed by atoms with Crippen LogP contribution in [-0.2, 0) is 16.0 Å². The highest BCUT2D eigenvalue weighted by molar-refractivity contribution is 6.30. The first-order valence-corrected chi connectivity index (χ1v) is 6.14. The molecule has 0 saturated heterocycles. The Labute approximate surface area is 105 Å². The first-order valence-electron chi connectivity index (χ1n) is 5.76. The van der Waals surface area contributed by atoms with Gasteiger partial charge in [-0.25, -0.2) is 0 Å². The summed E-state index contributed by atoms with van der Waals surface area (Å²) < 4.78 is 4.97. The third kappa shape index (κ3) is 2.45. The fourth-order valence-electron chi connectivity index (χ4n) is 2.26. The molecule has 0 fully saturated rings. The number of benzene rings is 1. The molecule has 0 heterocycles. The lowest BCUT2D eigenvalue weighted by atomic mass is 9.81. The van der Waals surface area contributed by atoms with Crippen LogP contribution in [0, 0.1) is 5.92 Å². The summed E-state index contributed by atoms with van der Waals surface area (Å²) in [4.78, 5) is 11.7. The van der Waals surface area contributed by atoms with E-state index in [1.54, 1.807) is 19.1 Å². The van der Waals surface area contributed by atoms with E-state index in [1.165, 1.54) is 0 Å². The molecule has 0 radical (unpaired) electrons. The van der Waals surface area contributed by atoms with E-state index < -0.39 is 12.0 Å². The van der Waals surface area contributed by atoms with Crippen molar-refractivity contribution in [2.45, 2.75) is 25.9 Å². The lowest BCUT2D eigenvalue weighted by Gasteiger charge is -2.28. The number of ether oxygens (including phenoxy) is 1. The highest BCUT2D eigenvalue weighted by Gasteiger charge is 2.34. The van der Waals surface area contributed by atoms with Gasteiger partial charge in [0, 0.05) is 5.02 Å². The zero-order valence-electron chi connectivity index (χ0n) is 9.65. The summed E-state index contributed by atoms with van der Waals surface area (Å²) in [7, 11) is 0. The lowest BCUT2D eigenvalue weighted by molar-refractivity contribution is -0.153. The summed E-state index contributed by atoms with van der Waals surface area (Å²) >= 11 is 5.90. The SMILES string of the molecule is CCOC(=O)[C@H]1CCc2cc(Cl)ccc2[C@H]1O. The molecule has 2 atom stereocenters. The number of carbonyl (C=O) groups excluding carboxylic acids is 1. The molecular weight excluding hydrogens is 240 g/mol. The van der Waals surface area contributed by atoms with Crippen molar-refractivity contribution in [2.75, 3.05) is 6.61 Å². The van der Waals surface area contributed by atoms with Gasteiger partial charge in [-0.1, -0.05) is 17.7 Å². The van der Waals surface area contributed by atoms with Crippen LogP contribution in [0.5, 0.6) is 0 Å². The van der Waals surface area contributed by atoms with Gasteiger partial charge in [-0.15, -0.1) is 0 Å². The Morgan fingerprint density at radius 3 is 3.06 bits per heavy atom. The van der Waals surface area contributed by atoms with Gasteiger partial charge in [0.25, 0.3) is 0 Å². The van der Waals surface area contributed by atoms with Crippen molar-refractivity contribution in [1.82, 2.24) is 0 Å². The van der Waals surface area contributed by atoms with Gasteiger partial charge in [0.05, 0.1) is 18.6 Å². The summed E-state index contributed by atoms with van der Waals surface area (Å²) in [5.41, 5.74) is 1.81. The molecule has 0 aromatic heterocycles. The van der Waals surface area contributed by atoms with Gasteiger partial charge in [0.1, 0.15) is 0 Å². The number of aryl methyl sites for hydroxylation is 1. The molecule has 0 bridgehead atoms. The Bertz CT molecular complexity index is 431. The molecule has 1 N–H and O–H groups in total. The average Bonchev–Trinajstić information content (AvgIpc) is 2.29. The third-order valence-electron chi connectivity index (χ3n) is 3.12. The third-order valence-corrected chi connectivity index (χ3v) is 3.35. The molecule has 4 heteroatoms. The molecule has 0 saturated carbocycles. The molecule has 0 unspecified atom stereocenters. The van der Waals surface area contributed by atoms with Crippen molar-refractivity contribution < 1.29 is 14.6 Å². The number of carbonyl (C=O) groups is 1. The number of aliphatic hydroxyl groups excluding tert-OH is 1. The highest BCUT2D eigenvalue weighted by Crippen LogP contribution is 2.36. The highest BCUT2D eigenvalue weighted by atomic mass is 35.5. The van der Waals surface area contributed by atoms with E-state index in [9.17, 15) is 9.90 Å². The Morgan fingerprint density at radius 2 is 2.35 bits per heavy atom. The summed E-state index contributed by atoms with van der Waals surface area (Å²) in [6.07, 6.45) is 0.569. The van der Waals surface area contributed by atoms with Gasteiger partial charge in [-0.05, 0) is 43.0 Å². The molecule has 1 aromatic carbocycles. The molecule has 0 aliphatic heterocycles. The summed E-state index contributed by atoms with van der Waals surface area (Å²) in [5, 5.41) is 10.8. The van der Waals surface area contributed by atoms with Gasteiger partial charge in [0.15, 0.2) is 0 Å². The normalized spacial score (nSPS) is 23.0. The number of aliphatic hydroxyl groups is 1. The molecule has 2 rings (SSSR count). The van der Waals surface area contributed by atoms with Crippen molar-refractivity contribution in [3.63, 3.8) is 0 Å². The van der Waals surface area contributed by atoms with Crippen LogP contribution in [0.1, 0.15) is 30.6 Å². The van der Waals surface area contributed by atoms with Crippen LogP contribution >= 0.6 is 11.6 Å². The Hall–Kier alpha value is -1.06. The minimum Gasteiger partial charge on any atom is -0.466 e. The molecular formula is C13H15ClO3. The Morgan fingerprint density at radius 1 is 1.59 bits per heavy atom. The number of hydrogen-bond acceptors (Lipinski definition) is 3. The monoisotopic (exact) mass is 254 g/mol. The van der Waals surface area contributed by atoms with Gasteiger partial charge in [-0.3, -0.25) is 4.79 Å². The molecule has 0 spiro atoms. The Kier molecular flexibility index (Phi) is 3.69. The molecule has 17 heavy (non-hydrogen) atoms. The maximum atomic E-state index is 11.7. The zero-order chi connectivity index (χ0) is 12.4. The Balaban J connectivity index is 2.24.